The van der Waals surface area contributed by atoms with Crippen molar-refractivity contribution < 1.29 is 14.7 Å². The summed E-state index contributed by atoms with van der Waals surface area (Å²) < 4.78 is 0. The van der Waals surface area contributed by atoms with Crippen LogP contribution in [0.25, 0.3) is 0 Å². The number of nitrogens with zero attached hydrogens (tertiary/aromatic N) is 1. The molecule has 1 aromatic rings. The standard InChI is InChI=1S/C15H19NO3/c17-14(18)8-11-16-9-6-13(7-10-16)15(19)12-4-2-1-3-5-12/h1-5,13H,6-11H2,(H,17,18). The van der Waals surface area contributed by atoms with Crippen molar-refractivity contribution in [3.8, 4) is 0 Å². The van der Waals surface area contributed by atoms with Crippen LogP contribution in [-0.2, 0) is 4.79 Å². The molecule has 0 bridgehead atoms. The summed E-state index contributed by atoms with van der Waals surface area (Å²) >= 11 is 0. The molecule has 1 aliphatic heterocycles. The van der Waals surface area contributed by atoms with Gasteiger partial charge in [0.15, 0.2) is 5.78 Å². The number of carbonyl (C=O) groups is 2. The number of aliphatic carboxylic acids is 1. The molecular weight excluding hydrogens is 242 g/mol. The normalized spacial score (nSPS) is 17.3. The summed E-state index contributed by atoms with van der Waals surface area (Å²) in [6, 6.07) is 9.40. The van der Waals surface area contributed by atoms with Crippen molar-refractivity contribution in [2.24, 2.45) is 5.92 Å². The molecule has 0 spiro atoms. The van der Waals surface area contributed by atoms with E-state index in [0.717, 1.165) is 31.5 Å². The number of carboxylic acids is 1. The van der Waals surface area contributed by atoms with Crippen LogP contribution in [0.1, 0.15) is 29.6 Å². The Morgan fingerprint density at radius 3 is 2.37 bits per heavy atom. The lowest BCUT2D eigenvalue weighted by molar-refractivity contribution is -0.137. The molecule has 0 aromatic heterocycles. The Morgan fingerprint density at radius 2 is 1.79 bits per heavy atom. The number of carboxylic acid groups (broad SMARTS) is 1. The molecule has 0 aliphatic carbocycles. The van der Waals surface area contributed by atoms with Gasteiger partial charge in [0.05, 0.1) is 6.42 Å². The molecule has 1 N–H and O–H groups in total. The highest BCUT2D eigenvalue weighted by atomic mass is 16.4. The number of hydrogen-bond donors (Lipinski definition) is 1. The Hall–Kier alpha value is -1.68. The second-order valence-electron chi connectivity index (χ2n) is 4.99. The van der Waals surface area contributed by atoms with Crippen LogP contribution >= 0.6 is 0 Å². The van der Waals surface area contributed by atoms with Crippen LogP contribution in [0.5, 0.6) is 0 Å². The first-order valence-corrected chi connectivity index (χ1v) is 6.70. The molecule has 0 unspecified atom stereocenters. The summed E-state index contributed by atoms with van der Waals surface area (Å²) in [4.78, 5) is 24.9. The second-order valence-corrected chi connectivity index (χ2v) is 4.99. The third kappa shape index (κ3) is 3.89. The predicted molar refractivity (Wildman–Crippen MR) is 72.2 cm³/mol. The smallest absolute Gasteiger partial charge is 0.304 e. The van der Waals surface area contributed by atoms with E-state index in [4.69, 9.17) is 5.11 Å². The monoisotopic (exact) mass is 261 g/mol. The zero-order chi connectivity index (χ0) is 13.7. The van der Waals surface area contributed by atoms with E-state index in [1.54, 1.807) is 0 Å². The molecule has 1 fully saturated rings. The Morgan fingerprint density at radius 1 is 1.16 bits per heavy atom. The second kappa shape index (κ2) is 6.48. The van der Waals surface area contributed by atoms with Crippen LogP contribution in [0.15, 0.2) is 30.3 Å². The van der Waals surface area contributed by atoms with Crippen LogP contribution in [0.2, 0.25) is 0 Å². The van der Waals surface area contributed by atoms with E-state index in [2.05, 4.69) is 4.90 Å². The number of carbonyl (C=O) groups excluding carboxylic acids is 1. The maximum Gasteiger partial charge on any atom is 0.304 e. The van der Waals surface area contributed by atoms with E-state index in [1.165, 1.54) is 0 Å². The first kappa shape index (κ1) is 13.7. The van der Waals surface area contributed by atoms with Crippen molar-refractivity contribution in [3.63, 3.8) is 0 Å². The average Bonchev–Trinajstić information content (AvgIpc) is 2.46. The topological polar surface area (TPSA) is 57.6 Å². The van der Waals surface area contributed by atoms with Gasteiger partial charge in [-0.2, -0.15) is 0 Å². The van der Waals surface area contributed by atoms with Gasteiger partial charge < -0.3 is 10.0 Å². The molecule has 0 saturated carbocycles. The first-order valence-electron chi connectivity index (χ1n) is 6.70. The van der Waals surface area contributed by atoms with Crippen molar-refractivity contribution in [2.75, 3.05) is 19.6 Å². The van der Waals surface area contributed by atoms with Gasteiger partial charge in [-0.05, 0) is 25.9 Å². The largest absolute Gasteiger partial charge is 0.481 e. The number of likely N-dealkylation sites (tertiary alicyclic amines) is 1. The zero-order valence-corrected chi connectivity index (χ0v) is 10.9. The molecule has 0 atom stereocenters. The summed E-state index contributed by atoms with van der Waals surface area (Å²) in [5.41, 5.74) is 0.784. The molecule has 1 aromatic carbocycles. The van der Waals surface area contributed by atoms with Gasteiger partial charge in [0.1, 0.15) is 0 Å². The summed E-state index contributed by atoms with van der Waals surface area (Å²) in [7, 11) is 0. The molecule has 102 valence electrons. The van der Waals surface area contributed by atoms with Gasteiger partial charge in [0.25, 0.3) is 0 Å². The molecule has 0 radical (unpaired) electrons. The van der Waals surface area contributed by atoms with Crippen molar-refractivity contribution in [1.29, 1.82) is 0 Å². The summed E-state index contributed by atoms with van der Waals surface area (Å²) in [5, 5.41) is 8.65. The minimum absolute atomic E-state index is 0.0866. The lowest BCUT2D eigenvalue weighted by atomic mass is 9.89. The van der Waals surface area contributed by atoms with Gasteiger partial charge in [0, 0.05) is 18.0 Å². The maximum atomic E-state index is 12.3. The minimum Gasteiger partial charge on any atom is -0.481 e. The summed E-state index contributed by atoms with van der Waals surface area (Å²) in [5.74, 6) is -0.454. The van der Waals surface area contributed by atoms with Crippen molar-refractivity contribution in [3.05, 3.63) is 35.9 Å². The lowest BCUT2D eigenvalue weighted by Crippen LogP contribution is -2.37. The summed E-state index contributed by atoms with van der Waals surface area (Å²) in [6.45, 7) is 2.22. The van der Waals surface area contributed by atoms with Gasteiger partial charge in [-0.1, -0.05) is 30.3 Å². The third-order valence-electron chi connectivity index (χ3n) is 3.66. The molecule has 1 heterocycles. The minimum atomic E-state index is -0.762. The Labute approximate surface area is 113 Å². The SMILES string of the molecule is O=C(O)CCN1CCC(C(=O)c2ccccc2)CC1. The lowest BCUT2D eigenvalue weighted by Gasteiger charge is -2.30. The van der Waals surface area contributed by atoms with E-state index in [0.29, 0.717) is 6.54 Å². The predicted octanol–water partition coefficient (Wildman–Crippen LogP) is 2.06. The Balaban J connectivity index is 1.83. The number of benzene rings is 1. The molecule has 19 heavy (non-hydrogen) atoms. The van der Waals surface area contributed by atoms with Gasteiger partial charge >= 0.3 is 5.97 Å². The molecule has 2 rings (SSSR count). The first-order chi connectivity index (χ1) is 9.16. The fraction of sp³-hybridized carbons (Fsp3) is 0.467. The highest BCUT2D eigenvalue weighted by molar-refractivity contribution is 5.97. The van der Waals surface area contributed by atoms with Crippen LogP contribution in [0, 0.1) is 5.92 Å². The van der Waals surface area contributed by atoms with E-state index < -0.39 is 5.97 Å². The van der Waals surface area contributed by atoms with Gasteiger partial charge in [-0.25, -0.2) is 0 Å². The zero-order valence-electron chi connectivity index (χ0n) is 10.9. The highest BCUT2D eigenvalue weighted by Crippen LogP contribution is 2.21. The van der Waals surface area contributed by atoms with Crippen LogP contribution < -0.4 is 0 Å². The van der Waals surface area contributed by atoms with Crippen LogP contribution in [-0.4, -0.2) is 41.4 Å². The number of ketones is 1. The van der Waals surface area contributed by atoms with E-state index in [1.807, 2.05) is 30.3 Å². The molecule has 0 amide bonds. The Bertz CT molecular complexity index is 436. The Kier molecular flexibility index (Phi) is 4.68. The van der Waals surface area contributed by atoms with Crippen LogP contribution in [0.4, 0.5) is 0 Å². The fourth-order valence-electron chi connectivity index (χ4n) is 2.51. The van der Waals surface area contributed by atoms with E-state index in [9.17, 15) is 9.59 Å². The molecule has 4 nitrogen and oxygen atoms in total. The molecule has 1 saturated heterocycles. The van der Waals surface area contributed by atoms with E-state index >= 15 is 0 Å². The van der Waals surface area contributed by atoms with Gasteiger partial charge in [0.2, 0.25) is 0 Å². The number of rotatable bonds is 5. The van der Waals surface area contributed by atoms with Crippen molar-refractivity contribution in [2.45, 2.75) is 19.3 Å². The van der Waals surface area contributed by atoms with Crippen LogP contribution in [0.3, 0.4) is 0 Å². The molecule has 1 aliphatic rings. The van der Waals surface area contributed by atoms with E-state index in [-0.39, 0.29) is 18.1 Å². The van der Waals surface area contributed by atoms with Crippen molar-refractivity contribution in [1.82, 2.24) is 4.90 Å². The third-order valence-corrected chi connectivity index (χ3v) is 3.66. The summed E-state index contributed by atoms with van der Waals surface area (Å²) in [6.07, 6.45) is 1.83. The number of Topliss-reactive ketones (excluding diaryl/α,β-unsaturated/α-hetero) is 1. The fourth-order valence-corrected chi connectivity index (χ4v) is 2.51. The van der Waals surface area contributed by atoms with Crippen molar-refractivity contribution >= 4 is 11.8 Å². The molecule has 4 heteroatoms. The highest BCUT2D eigenvalue weighted by Gasteiger charge is 2.25. The van der Waals surface area contributed by atoms with Gasteiger partial charge in [-0.15, -0.1) is 0 Å². The number of piperidine rings is 1. The molecular formula is C15H19NO3. The quantitative estimate of drug-likeness (QED) is 0.824. The average molecular weight is 261 g/mol. The number of hydrogen-bond acceptors (Lipinski definition) is 3. The van der Waals surface area contributed by atoms with Gasteiger partial charge in [-0.3, -0.25) is 9.59 Å². The maximum absolute atomic E-state index is 12.3.